The number of benzene rings is 2. The summed E-state index contributed by atoms with van der Waals surface area (Å²) in [5.41, 5.74) is 1.22. The number of carbonyl (C=O) groups is 2. The predicted molar refractivity (Wildman–Crippen MR) is 105 cm³/mol. The molecule has 0 unspecified atom stereocenters. The van der Waals surface area contributed by atoms with E-state index in [4.69, 9.17) is 14.2 Å². The van der Waals surface area contributed by atoms with Crippen molar-refractivity contribution in [1.82, 2.24) is 4.90 Å². The molecule has 0 aromatic heterocycles. The molecule has 0 spiro atoms. The molecule has 0 saturated carbocycles. The fourth-order valence-corrected chi connectivity index (χ4v) is 3.67. The van der Waals surface area contributed by atoms with Crippen LogP contribution >= 0.6 is 0 Å². The minimum atomic E-state index is -0.721. The molecule has 1 atom stereocenters. The lowest BCUT2D eigenvalue weighted by Crippen LogP contribution is -2.31. The van der Waals surface area contributed by atoms with E-state index in [1.807, 2.05) is 6.07 Å². The minimum Gasteiger partial charge on any atom is -0.507 e. The molecule has 0 bridgehead atoms. The van der Waals surface area contributed by atoms with Crippen molar-refractivity contribution < 1.29 is 28.9 Å². The highest BCUT2D eigenvalue weighted by molar-refractivity contribution is 6.46. The molecular formula is C22H21NO6. The number of Topliss-reactive ketones (excluding diaryl/α,β-unsaturated/α-hetero) is 1. The Labute approximate surface area is 168 Å². The molecule has 1 amide bonds. The van der Waals surface area contributed by atoms with E-state index in [1.165, 1.54) is 4.90 Å². The van der Waals surface area contributed by atoms with Crippen LogP contribution in [0.4, 0.5) is 0 Å². The van der Waals surface area contributed by atoms with Crippen LogP contribution in [-0.4, -0.2) is 48.8 Å². The summed E-state index contributed by atoms with van der Waals surface area (Å²) in [4.78, 5) is 27.2. The molecule has 29 heavy (non-hydrogen) atoms. The van der Waals surface area contributed by atoms with E-state index in [0.717, 1.165) is 0 Å². The van der Waals surface area contributed by atoms with Crippen molar-refractivity contribution in [2.45, 2.75) is 12.5 Å². The third-order valence-corrected chi connectivity index (χ3v) is 5.05. The van der Waals surface area contributed by atoms with Crippen LogP contribution in [0.1, 0.15) is 23.6 Å². The molecule has 0 aliphatic carbocycles. The molecule has 1 fully saturated rings. The van der Waals surface area contributed by atoms with Crippen LogP contribution in [0.3, 0.4) is 0 Å². The van der Waals surface area contributed by atoms with E-state index in [-0.39, 0.29) is 18.1 Å². The number of amides is 1. The number of rotatable bonds is 6. The maximum Gasteiger partial charge on any atom is 0.295 e. The van der Waals surface area contributed by atoms with Crippen molar-refractivity contribution in [1.29, 1.82) is 0 Å². The van der Waals surface area contributed by atoms with Gasteiger partial charge in [-0.25, -0.2) is 0 Å². The van der Waals surface area contributed by atoms with E-state index in [9.17, 15) is 14.7 Å². The molecule has 7 nitrogen and oxygen atoms in total. The summed E-state index contributed by atoms with van der Waals surface area (Å²) in [7, 11) is 1.58. The summed E-state index contributed by atoms with van der Waals surface area (Å²) in [5, 5.41) is 10.9. The lowest BCUT2D eigenvalue weighted by atomic mass is 9.95. The van der Waals surface area contributed by atoms with E-state index in [2.05, 4.69) is 0 Å². The minimum absolute atomic E-state index is 0.0671. The Bertz CT molecular complexity index is 969. The molecule has 2 aliphatic rings. The van der Waals surface area contributed by atoms with Crippen LogP contribution in [0.2, 0.25) is 0 Å². The number of ether oxygens (including phenoxy) is 3. The van der Waals surface area contributed by atoms with Gasteiger partial charge in [0.1, 0.15) is 5.76 Å². The smallest absolute Gasteiger partial charge is 0.295 e. The lowest BCUT2D eigenvalue weighted by molar-refractivity contribution is -0.140. The van der Waals surface area contributed by atoms with Gasteiger partial charge in [-0.3, -0.25) is 9.59 Å². The Kier molecular flexibility index (Phi) is 5.22. The average Bonchev–Trinajstić information content (AvgIpc) is 3.31. The van der Waals surface area contributed by atoms with Crippen molar-refractivity contribution >= 4 is 17.4 Å². The van der Waals surface area contributed by atoms with Crippen LogP contribution in [0, 0.1) is 0 Å². The van der Waals surface area contributed by atoms with Gasteiger partial charge in [-0.2, -0.15) is 0 Å². The zero-order valence-corrected chi connectivity index (χ0v) is 16.0. The quantitative estimate of drug-likeness (QED) is 0.350. The number of carbonyl (C=O) groups excluding carboxylic acids is 2. The van der Waals surface area contributed by atoms with Crippen LogP contribution in [0.25, 0.3) is 5.76 Å². The Morgan fingerprint density at radius 1 is 1.14 bits per heavy atom. The second-order valence-electron chi connectivity index (χ2n) is 6.82. The van der Waals surface area contributed by atoms with Crippen molar-refractivity contribution in [2.75, 3.05) is 27.1 Å². The number of nitrogens with zero attached hydrogens (tertiary/aromatic N) is 1. The number of fused-ring (bicyclic) bond motifs is 1. The first-order valence-electron chi connectivity index (χ1n) is 9.34. The Morgan fingerprint density at radius 3 is 2.66 bits per heavy atom. The van der Waals surface area contributed by atoms with E-state index < -0.39 is 17.7 Å². The summed E-state index contributed by atoms with van der Waals surface area (Å²) >= 11 is 0. The van der Waals surface area contributed by atoms with Gasteiger partial charge in [0.2, 0.25) is 6.79 Å². The van der Waals surface area contributed by atoms with Gasteiger partial charge in [0, 0.05) is 25.8 Å². The molecule has 0 radical (unpaired) electrons. The van der Waals surface area contributed by atoms with Crippen LogP contribution in [0.5, 0.6) is 11.5 Å². The molecule has 2 aliphatic heterocycles. The third-order valence-electron chi connectivity index (χ3n) is 5.05. The van der Waals surface area contributed by atoms with Gasteiger partial charge < -0.3 is 24.2 Å². The van der Waals surface area contributed by atoms with Gasteiger partial charge in [0.05, 0.1) is 11.6 Å². The summed E-state index contributed by atoms with van der Waals surface area (Å²) in [6, 6.07) is 13.3. The van der Waals surface area contributed by atoms with Gasteiger partial charge >= 0.3 is 0 Å². The van der Waals surface area contributed by atoms with Gasteiger partial charge in [-0.1, -0.05) is 36.4 Å². The molecule has 2 aromatic rings. The topological polar surface area (TPSA) is 85.3 Å². The molecule has 150 valence electrons. The summed E-state index contributed by atoms with van der Waals surface area (Å²) in [6.45, 7) is 0.898. The molecule has 7 heteroatoms. The molecule has 2 heterocycles. The first-order valence-corrected chi connectivity index (χ1v) is 9.34. The summed E-state index contributed by atoms with van der Waals surface area (Å²) < 4.78 is 15.9. The number of aliphatic hydroxyl groups excluding tert-OH is 1. The van der Waals surface area contributed by atoms with Crippen molar-refractivity contribution in [3.05, 3.63) is 65.2 Å². The number of aliphatic hydroxyl groups is 1. The van der Waals surface area contributed by atoms with Crippen molar-refractivity contribution in [3.63, 3.8) is 0 Å². The predicted octanol–water partition coefficient (Wildman–Crippen LogP) is 2.87. The maximum absolute atomic E-state index is 12.9. The largest absolute Gasteiger partial charge is 0.507 e. The zero-order chi connectivity index (χ0) is 20.4. The first kappa shape index (κ1) is 19.0. The molecule has 4 rings (SSSR count). The van der Waals surface area contributed by atoms with Gasteiger partial charge in [-0.15, -0.1) is 0 Å². The molecule has 1 N–H and O–H groups in total. The second-order valence-corrected chi connectivity index (χ2v) is 6.82. The monoisotopic (exact) mass is 395 g/mol. The average molecular weight is 395 g/mol. The second kappa shape index (κ2) is 7.97. The Hall–Kier alpha value is -3.32. The number of likely N-dealkylation sites (tertiary alicyclic amines) is 1. The fraction of sp³-hybridized carbons (Fsp3) is 0.273. The van der Waals surface area contributed by atoms with Crippen molar-refractivity contribution in [3.8, 4) is 11.5 Å². The van der Waals surface area contributed by atoms with Gasteiger partial charge in [-0.05, 0) is 24.1 Å². The zero-order valence-electron chi connectivity index (χ0n) is 16.0. The third kappa shape index (κ3) is 3.45. The van der Waals surface area contributed by atoms with Crippen LogP contribution in [0.15, 0.2) is 54.1 Å². The highest BCUT2D eigenvalue weighted by Crippen LogP contribution is 2.42. The van der Waals surface area contributed by atoms with Crippen LogP contribution in [-0.2, 0) is 14.3 Å². The van der Waals surface area contributed by atoms with E-state index in [0.29, 0.717) is 42.2 Å². The summed E-state index contributed by atoms with van der Waals surface area (Å²) in [5.74, 6) is -0.383. The SMILES string of the molecule is COCCCN1C(=O)C(=O)/C(=C(\O)c2ccccc2)[C@@H]1c1ccc2c(c1)OCO2. The number of hydrogen-bond acceptors (Lipinski definition) is 6. The molecule has 1 saturated heterocycles. The Morgan fingerprint density at radius 2 is 1.90 bits per heavy atom. The van der Waals surface area contributed by atoms with Crippen LogP contribution < -0.4 is 9.47 Å². The number of hydrogen-bond donors (Lipinski definition) is 1. The molecular weight excluding hydrogens is 374 g/mol. The number of methoxy groups -OCH3 is 1. The fourth-order valence-electron chi connectivity index (χ4n) is 3.67. The highest BCUT2D eigenvalue weighted by atomic mass is 16.7. The maximum atomic E-state index is 12.9. The van der Waals surface area contributed by atoms with Crippen molar-refractivity contribution in [2.24, 2.45) is 0 Å². The van der Waals surface area contributed by atoms with E-state index in [1.54, 1.807) is 49.6 Å². The number of ketones is 1. The lowest BCUT2D eigenvalue weighted by Gasteiger charge is -2.25. The Balaban J connectivity index is 1.81. The standard InChI is InChI=1S/C22H21NO6/c1-27-11-5-10-23-19(15-8-9-16-17(12-15)29-13-28-16)18(21(25)22(23)26)20(24)14-6-3-2-4-7-14/h2-4,6-9,12,19,24H,5,10-11,13H2,1H3/b20-18-/t19-/m0/s1. The normalized spacial score (nSPS) is 19.8. The summed E-state index contributed by atoms with van der Waals surface area (Å²) in [6.07, 6.45) is 0.565. The van der Waals surface area contributed by atoms with Gasteiger partial charge in [0.25, 0.3) is 11.7 Å². The highest BCUT2D eigenvalue weighted by Gasteiger charge is 2.46. The molecule has 2 aromatic carbocycles. The first-order chi connectivity index (χ1) is 14.1. The van der Waals surface area contributed by atoms with E-state index >= 15 is 0 Å². The van der Waals surface area contributed by atoms with Gasteiger partial charge in [0.15, 0.2) is 11.5 Å².